The second kappa shape index (κ2) is 16.7. The van der Waals surface area contributed by atoms with Crippen molar-refractivity contribution in [3.05, 3.63) is 30.6 Å². The van der Waals surface area contributed by atoms with Gasteiger partial charge in [-0.2, -0.15) is 0 Å². The van der Waals surface area contributed by atoms with E-state index in [0.717, 1.165) is 0 Å². The van der Waals surface area contributed by atoms with Crippen LogP contribution in [0.3, 0.4) is 0 Å². The highest BCUT2D eigenvalue weighted by atomic mass is 19.0. The SMILES string of the molecule is F.NC(N)=O.NN.c1ccncc1. The molecule has 0 unspecified atom stereocenters. The van der Waals surface area contributed by atoms with E-state index in [1.165, 1.54) is 0 Å². The Morgan fingerprint density at radius 1 is 1.00 bits per heavy atom. The number of carbonyl (C=O) groups excluding carboxylic acids is 1. The maximum Gasteiger partial charge on any atom is 0.309 e. The van der Waals surface area contributed by atoms with Gasteiger partial charge in [0.2, 0.25) is 0 Å². The fourth-order valence-electron chi connectivity index (χ4n) is 0.313. The third-order valence-electron chi connectivity index (χ3n) is 0.566. The largest absolute Gasteiger partial charge is 0.352 e. The number of pyridine rings is 1. The lowest BCUT2D eigenvalue weighted by molar-refractivity contribution is 0.256. The lowest BCUT2D eigenvalue weighted by Crippen LogP contribution is -2.18. The van der Waals surface area contributed by atoms with E-state index < -0.39 is 6.03 Å². The van der Waals surface area contributed by atoms with Crippen molar-refractivity contribution in [3.8, 4) is 0 Å². The van der Waals surface area contributed by atoms with Crippen LogP contribution in [0.15, 0.2) is 30.6 Å². The van der Waals surface area contributed by atoms with Crippen LogP contribution in [0.25, 0.3) is 0 Å². The van der Waals surface area contributed by atoms with Gasteiger partial charge in [0.15, 0.2) is 0 Å². The summed E-state index contributed by atoms with van der Waals surface area (Å²) in [6.07, 6.45) is 3.50. The number of nitrogens with two attached hydrogens (primary N) is 4. The summed E-state index contributed by atoms with van der Waals surface area (Å²) >= 11 is 0. The quantitative estimate of drug-likeness (QED) is 0.311. The summed E-state index contributed by atoms with van der Waals surface area (Å²) in [7, 11) is 0. The van der Waals surface area contributed by atoms with E-state index in [0.29, 0.717) is 0 Å². The van der Waals surface area contributed by atoms with Crippen molar-refractivity contribution in [1.82, 2.24) is 4.98 Å². The Labute approximate surface area is 75.2 Å². The second-order valence-corrected chi connectivity index (χ2v) is 1.43. The van der Waals surface area contributed by atoms with Crippen LogP contribution >= 0.6 is 0 Å². The standard InChI is InChI=1S/C5H5N.CH4N2O.FH.H4N2/c1-2-4-6-5-3-1;2-1(3)4;;1-2/h1-5H;(H4,2,3,4);1H;1-2H2. The van der Waals surface area contributed by atoms with Gasteiger partial charge in [0, 0.05) is 12.4 Å². The number of hydrogen-bond donors (Lipinski definition) is 4. The fraction of sp³-hybridized carbons (Fsp3) is 0. The molecule has 6 nitrogen and oxygen atoms in total. The molecule has 1 aromatic rings. The molecule has 7 heteroatoms. The van der Waals surface area contributed by atoms with Gasteiger partial charge >= 0.3 is 6.03 Å². The molecule has 0 saturated heterocycles. The maximum absolute atomic E-state index is 9.00. The average Bonchev–Trinajstić information content (AvgIpc) is 2.10. The molecule has 0 aliphatic carbocycles. The lowest BCUT2D eigenvalue weighted by Gasteiger charge is -1.70. The summed E-state index contributed by atoms with van der Waals surface area (Å²) in [5.74, 6) is 8.00. The van der Waals surface area contributed by atoms with Gasteiger partial charge in [0.25, 0.3) is 0 Å². The zero-order valence-electron chi connectivity index (χ0n) is 6.96. The first-order valence-electron chi connectivity index (χ1n) is 2.96. The number of halogens is 1. The first-order valence-corrected chi connectivity index (χ1v) is 2.96. The monoisotopic (exact) mass is 191 g/mol. The second-order valence-electron chi connectivity index (χ2n) is 1.43. The van der Waals surface area contributed by atoms with Crippen molar-refractivity contribution in [2.75, 3.05) is 0 Å². The molecule has 1 aromatic heterocycles. The highest BCUT2D eigenvalue weighted by Crippen LogP contribution is 1.73. The molecule has 0 aromatic carbocycles. The molecule has 13 heavy (non-hydrogen) atoms. The zero-order chi connectivity index (χ0) is 9.82. The highest BCUT2D eigenvalue weighted by molar-refractivity contribution is 5.69. The molecule has 76 valence electrons. The summed E-state index contributed by atoms with van der Waals surface area (Å²) in [6, 6.07) is 4.88. The Morgan fingerprint density at radius 2 is 1.31 bits per heavy atom. The minimum absolute atomic E-state index is 0. The topological polar surface area (TPSA) is 134 Å². The van der Waals surface area contributed by atoms with Gasteiger partial charge in [-0.15, -0.1) is 0 Å². The van der Waals surface area contributed by atoms with Crippen molar-refractivity contribution in [3.63, 3.8) is 0 Å². The predicted octanol–water partition coefficient (Wildman–Crippen LogP) is -0.923. The van der Waals surface area contributed by atoms with Gasteiger partial charge in [-0.3, -0.25) is 21.4 Å². The molecular weight excluding hydrogens is 177 g/mol. The summed E-state index contributed by atoms with van der Waals surface area (Å²) in [4.78, 5) is 12.8. The summed E-state index contributed by atoms with van der Waals surface area (Å²) in [5, 5.41) is 0. The molecule has 0 radical (unpaired) electrons. The van der Waals surface area contributed by atoms with E-state index in [-0.39, 0.29) is 4.70 Å². The number of nitrogens with zero attached hydrogens (tertiary/aromatic N) is 1. The summed E-state index contributed by atoms with van der Waals surface area (Å²) in [5.41, 5.74) is 8.50. The van der Waals surface area contributed by atoms with Crippen LogP contribution in [0.5, 0.6) is 0 Å². The van der Waals surface area contributed by atoms with Gasteiger partial charge in [0.05, 0.1) is 0 Å². The van der Waals surface area contributed by atoms with Crippen LogP contribution in [-0.4, -0.2) is 11.0 Å². The van der Waals surface area contributed by atoms with Gasteiger partial charge in [-0.1, -0.05) is 6.07 Å². The molecule has 0 aliphatic heterocycles. The maximum atomic E-state index is 9.00. The van der Waals surface area contributed by atoms with Gasteiger partial charge < -0.3 is 11.5 Å². The number of primary amides is 2. The number of amides is 2. The van der Waals surface area contributed by atoms with Crippen molar-refractivity contribution in [1.29, 1.82) is 0 Å². The summed E-state index contributed by atoms with van der Waals surface area (Å²) < 4.78 is 0. The average molecular weight is 191 g/mol. The van der Waals surface area contributed by atoms with Crippen LogP contribution in [0, 0.1) is 0 Å². The lowest BCUT2D eigenvalue weighted by atomic mass is 10.5. The van der Waals surface area contributed by atoms with E-state index >= 15 is 0 Å². The van der Waals surface area contributed by atoms with E-state index in [2.05, 4.69) is 28.1 Å². The molecule has 8 N–H and O–H groups in total. The number of urea groups is 1. The molecule has 2 amide bonds. The molecule has 0 aliphatic rings. The van der Waals surface area contributed by atoms with Crippen molar-refractivity contribution in [2.24, 2.45) is 23.2 Å². The number of hydrazine groups is 1. The molecule has 0 spiro atoms. The molecular formula is C6H14FN5O. The highest BCUT2D eigenvalue weighted by Gasteiger charge is 1.60. The van der Waals surface area contributed by atoms with Gasteiger partial charge in [0.1, 0.15) is 0 Å². The zero-order valence-corrected chi connectivity index (χ0v) is 6.96. The number of aromatic nitrogens is 1. The van der Waals surface area contributed by atoms with Crippen molar-refractivity contribution >= 4 is 6.03 Å². The minimum Gasteiger partial charge on any atom is -0.352 e. The molecule has 0 atom stereocenters. The van der Waals surface area contributed by atoms with Gasteiger partial charge in [-0.25, -0.2) is 4.79 Å². The number of rotatable bonds is 0. The van der Waals surface area contributed by atoms with E-state index in [1.807, 2.05) is 18.2 Å². The molecule has 0 bridgehead atoms. The fourth-order valence-corrected chi connectivity index (χ4v) is 0.313. The smallest absolute Gasteiger partial charge is 0.309 e. The van der Waals surface area contributed by atoms with Crippen LogP contribution in [-0.2, 0) is 0 Å². The Bertz CT molecular complexity index is 153. The third-order valence-corrected chi connectivity index (χ3v) is 0.566. The molecule has 1 rings (SSSR count). The first-order chi connectivity index (χ1) is 5.73. The minimum atomic E-state index is -0.833. The normalized spacial score (nSPS) is 6.00. The van der Waals surface area contributed by atoms with Crippen LogP contribution in [0.4, 0.5) is 9.50 Å². The van der Waals surface area contributed by atoms with Crippen molar-refractivity contribution < 1.29 is 9.50 Å². The number of carbonyl (C=O) groups is 1. The molecule has 1 heterocycles. The van der Waals surface area contributed by atoms with Crippen molar-refractivity contribution in [2.45, 2.75) is 0 Å². The Balaban J connectivity index is -0.000000128. The summed E-state index contributed by atoms with van der Waals surface area (Å²) in [6.45, 7) is 0. The van der Waals surface area contributed by atoms with Crippen LogP contribution in [0.1, 0.15) is 0 Å². The first kappa shape index (κ1) is 17.4. The Hall–Kier alpha value is -1.73. The van der Waals surface area contributed by atoms with E-state index in [4.69, 9.17) is 4.79 Å². The number of hydrogen-bond acceptors (Lipinski definition) is 4. The Kier molecular flexibility index (Phi) is 22.3. The Morgan fingerprint density at radius 3 is 1.38 bits per heavy atom. The predicted molar refractivity (Wildman–Crippen MR) is 48.9 cm³/mol. The molecule has 0 saturated carbocycles. The van der Waals surface area contributed by atoms with Crippen LogP contribution < -0.4 is 23.2 Å². The third kappa shape index (κ3) is 38.5. The van der Waals surface area contributed by atoms with E-state index in [9.17, 15) is 0 Å². The van der Waals surface area contributed by atoms with E-state index in [1.54, 1.807) is 12.4 Å². The van der Waals surface area contributed by atoms with Crippen LogP contribution in [0.2, 0.25) is 0 Å². The van der Waals surface area contributed by atoms with Gasteiger partial charge in [-0.05, 0) is 12.1 Å². The molecule has 0 fully saturated rings.